The smallest absolute Gasteiger partial charge is 0.407 e. The number of anilines is 2. The Bertz CT molecular complexity index is 1070. The van der Waals surface area contributed by atoms with Gasteiger partial charge in [0.15, 0.2) is 0 Å². The summed E-state index contributed by atoms with van der Waals surface area (Å²) in [6, 6.07) is 9.12. The van der Waals surface area contributed by atoms with Gasteiger partial charge in [-0.05, 0) is 63.8 Å². The molecule has 8 nitrogen and oxygen atoms in total. The van der Waals surface area contributed by atoms with Gasteiger partial charge < -0.3 is 25.8 Å². The molecular weight excluding hydrogens is 406 g/mol. The van der Waals surface area contributed by atoms with E-state index in [-0.39, 0.29) is 12.1 Å². The summed E-state index contributed by atoms with van der Waals surface area (Å²) in [5.74, 6) is 0. The Morgan fingerprint density at radius 1 is 1.38 bits per heavy atom. The van der Waals surface area contributed by atoms with Crippen LogP contribution in [0.5, 0.6) is 0 Å². The molecule has 1 aliphatic heterocycles. The topological polar surface area (TPSA) is 124 Å². The number of nitriles is 1. The number of aliphatic hydroxyl groups is 1. The lowest BCUT2D eigenvalue weighted by molar-refractivity contribution is 0.0503. The Hall–Kier alpha value is -3.31. The third-order valence-corrected chi connectivity index (χ3v) is 6.00. The van der Waals surface area contributed by atoms with Crippen LogP contribution < -0.4 is 16.0 Å². The number of ether oxygens (including phenoxy) is 1. The first kappa shape index (κ1) is 21.9. The number of pyridine rings is 1. The molecule has 1 saturated carbocycles. The Morgan fingerprint density at radius 2 is 2.12 bits per heavy atom. The van der Waals surface area contributed by atoms with Gasteiger partial charge in [-0.1, -0.05) is 6.07 Å². The molecule has 2 heterocycles. The van der Waals surface area contributed by atoms with E-state index in [1.807, 2.05) is 32.9 Å². The maximum absolute atomic E-state index is 12.3. The van der Waals surface area contributed by atoms with Crippen molar-refractivity contribution in [3.8, 4) is 17.2 Å². The molecule has 4 rings (SSSR count). The van der Waals surface area contributed by atoms with Crippen molar-refractivity contribution < 1.29 is 14.6 Å². The van der Waals surface area contributed by atoms with Crippen molar-refractivity contribution in [1.29, 1.82) is 5.26 Å². The van der Waals surface area contributed by atoms with Gasteiger partial charge in [0, 0.05) is 24.5 Å². The minimum absolute atomic E-state index is 0.177. The van der Waals surface area contributed by atoms with Crippen molar-refractivity contribution in [3.05, 3.63) is 42.2 Å². The highest BCUT2D eigenvalue weighted by molar-refractivity contribution is 5.80. The molecule has 0 radical (unpaired) electrons. The minimum atomic E-state index is -0.793. The summed E-state index contributed by atoms with van der Waals surface area (Å²) in [4.78, 5) is 18.6. The van der Waals surface area contributed by atoms with E-state index in [9.17, 15) is 15.2 Å². The molecule has 4 N–H and O–H groups in total. The number of aromatic nitrogens is 1. The van der Waals surface area contributed by atoms with Crippen LogP contribution in [0.15, 0.2) is 36.7 Å². The summed E-state index contributed by atoms with van der Waals surface area (Å²) >= 11 is 0. The van der Waals surface area contributed by atoms with E-state index in [1.54, 1.807) is 24.5 Å². The summed E-state index contributed by atoms with van der Waals surface area (Å²) in [5.41, 5.74) is 8.40. The van der Waals surface area contributed by atoms with Gasteiger partial charge in [0.05, 0.1) is 40.7 Å². The van der Waals surface area contributed by atoms with Crippen LogP contribution in [0.25, 0.3) is 11.1 Å². The second kappa shape index (κ2) is 7.99. The molecule has 1 amide bonds. The van der Waals surface area contributed by atoms with Crippen molar-refractivity contribution in [3.63, 3.8) is 0 Å². The summed E-state index contributed by atoms with van der Waals surface area (Å²) in [5, 5.41) is 23.4. The molecule has 8 heteroatoms. The van der Waals surface area contributed by atoms with Crippen LogP contribution in [-0.4, -0.2) is 46.0 Å². The molecular formula is C24H29N5O3. The number of carbonyl (C=O) groups excluding carboxylic acids is 1. The molecule has 1 aromatic heterocycles. The molecule has 0 unspecified atom stereocenters. The van der Waals surface area contributed by atoms with Gasteiger partial charge in [0.25, 0.3) is 0 Å². The molecule has 1 saturated heterocycles. The molecule has 1 aliphatic carbocycles. The van der Waals surface area contributed by atoms with Gasteiger partial charge in [0.1, 0.15) is 5.60 Å². The van der Waals surface area contributed by atoms with Crippen molar-refractivity contribution >= 4 is 17.5 Å². The van der Waals surface area contributed by atoms with Crippen LogP contribution in [0, 0.1) is 11.3 Å². The quantitative estimate of drug-likeness (QED) is 0.630. The van der Waals surface area contributed by atoms with Crippen LogP contribution in [0.4, 0.5) is 16.2 Å². The first-order chi connectivity index (χ1) is 15.1. The highest BCUT2D eigenvalue weighted by Gasteiger charge is 2.54. The number of nitrogens with one attached hydrogen (secondary N) is 1. The second-order valence-corrected chi connectivity index (χ2v) is 9.66. The lowest BCUT2D eigenvalue weighted by Crippen LogP contribution is -2.41. The highest BCUT2D eigenvalue weighted by Crippen LogP contribution is 2.47. The maximum Gasteiger partial charge on any atom is 0.407 e. The Labute approximate surface area is 188 Å². The fourth-order valence-electron chi connectivity index (χ4n) is 4.33. The standard InChI is InChI=1S/C24H29N5O3/c1-23(2,3)32-22(30)28-17-11-21(24(31)7-8-24)29(14-17)20-10-15(4-5-19(20)26)18-13-27-9-6-16(18)12-25/h4-6,9-10,13,17,21,31H,7-8,11,14,26H2,1-3H3,(H,28,30)/t17-,21-/m0/s1. The molecule has 2 atom stereocenters. The average molecular weight is 436 g/mol. The van der Waals surface area contributed by atoms with Crippen LogP contribution in [0.2, 0.25) is 0 Å². The lowest BCUT2D eigenvalue weighted by Gasteiger charge is -2.31. The monoisotopic (exact) mass is 435 g/mol. The number of benzene rings is 1. The molecule has 2 fully saturated rings. The van der Waals surface area contributed by atoms with Gasteiger partial charge in [0.2, 0.25) is 0 Å². The number of alkyl carbamates (subject to hydrolysis) is 1. The van der Waals surface area contributed by atoms with Gasteiger partial charge in [-0.25, -0.2) is 4.79 Å². The maximum atomic E-state index is 12.3. The molecule has 0 bridgehead atoms. The van der Waals surface area contributed by atoms with Gasteiger partial charge >= 0.3 is 6.09 Å². The van der Waals surface area contributed by atoms with Crippen molar-refractivity contribution in [2.75, 3.05) is 17.2 Å². The van der Waals surface area contributed by atoms with Crippen LogP contribution in [0.1, 0.15) is 45.6 Å². The third kappa shape index (κ3) is 4.48. The van der Waals surface area contributed by atoms with E-state index < -0.39 is 17.3 Å². The number of rotatable bonds is 4. The predicted molar refractivity (Wildman–Crippen MR) is 122 cm³/mol. The van der Waals surface area contributed by atoms with Crippen molar-refractivity contribution in [2.45, 2.75) is 63.3 Å². The number of nitrogen functional groups attached to an aromatic ring is 1. The number of hydrogen-bond acceptors (Lipinski definition) is 7. The molecule has 32 heavy (non-hydrogen) atoms. The summed E-state index contributed by atoms with van der Waals surface area (Å²) in [7, 11) is 0. The Balaban J connectivity index is 1.64. The molecule has 0 spiro atoms. The number of hydrogen-bond donors (Lipinski definition) is 3. The molecule has 2 aromatic rings. The van der Waals surface area contributed by atoms with E-state index in [1.165, 1.54) is 0 Å². The van der Waals surface area contributed by atoms with Crippen LogP contribution in [0.3, 0.4) is 0 Å². The normalized spacial score (nSPS) is 21.7. The third-order valence-electron chi connectivity index (χ3n) is 6.00. The zero-order valence-electron chi connectivity index (χ0n) is 18.6. The van der Waals surface area contributed by atoms with Crippen LogP contribution in [-0.2, 0) is 4.74 Å². The van der Waals surface area contributed by atoms with Crippen LogP contribution >= 0.6 is 0 Å². The average Bonchev–Trinajstić information content (AvgIpc) is 3.33. The SMILES string of the molecule is CC(C)(C)OC(=O)N[C@H]1C[C@@H](C2(O)CC2)N(c2cc(-c3cnccc3C#N)ccc2N)C1. The van der Waals surface area contributed by atoms with Crippen molar-refractivity contribution in [1.82, 2.24) is 10.3 Å². The first-order valence-electron chi connectivity index (χ1n) is 10.8. The Kier molecular flexibility index (Phi) is 5.47. The van der Waals surface area contributed by atoms with E-state index in [0.717, 1.165) is 16.8 Å². The zero-order valence-corrected chi connectivity index (χ0v) is 18.6. The van der Waals surface area contributed by atoms with E-state index in [4.69, 9.17) is 10.5 Å². The van der Waals surface area contributed by atoms with Gasteiger partial charge in [-0.15, -0.1) is 0 Å². The number of carbonyl (C=O) groups is 1. The lowest BCUT2D eigenvalue weighted by atomic mass is 10.00. The van der Waals surface area contributed by atoms with Gasteiger partial charge in [-0.3, -0.25) is 4.98 Å². The molecule has 2 aliphatic rings. The fourth-order valence-corrected chi connectivity index (χ4v) is 4.33. The number of nitrogens with two attached hydrogens (primary N) is 1. The zero-order chi connectivity index (χ0) is 23.1. The first-order valence-corrected chi connectivity index (χ1v) is 10.8. The highest BCUT2D eigenvalue weighted by atomic mass is 16.6. The predicted octanol–water partition coefficient (Wildman–Crippen LogP) is 3.20. The summed E-state index contributed by atoms with van der Waals surface area (Å²) < 4.78 is 5.41. The van der Waals surface area contributed by atoms with E-state index in [2.05, 4.69) is 21.3 Å². The fraction of sp³-hybridized carbons (Fsp3) is 0.458. The van der Waals surface area contributed by atoms with E-state index in [0.29, 0.717) is 37.1 Å². The van der Waals surface area contributed by atoms with Crippen molar-refractivity contribution in [2.24, 2.45) is 0 Å². The molecule has 168 valence electrons. The molecule has 1 aromatic carbocycles. The number of amides is 1. The second-order valence-electron chi connectivity index (χ2n) is 9.66. The minimum Gasteiger partial charge on any atom is -0.444 e. The number of nitrogens with zero attached hydrogens (tertiary/aromatic N) is 3. The van der Waals surface area contributed by atoms with E-state index >= 15 is 0 Å². The summed E-state index contributed by atoms with van der Waals surface area (Å²) in [6.07, 6.45) is 4.81. The van der Waals surface area contributed by atoms with Gasteiger partial charge in [-0.2, -0.15) is 5.26 Å². The largest absolute Gasteiger partial charge is 0.444 e. The summed E-state index contributed by atoms with van der Waals surface area (Å²) in [6.45, 7) is 5.97. The Morgan fingerprint density at radius 3 is 2.78 bits per heavy atom.